The molecule has 1 N–H and O–H groups in total. The van der Waals surface area contributed by atoms with E-state index in [0.717, 1.165) is 18.7 Å². The number of aliphatic hydroxyl groups is 1. The molecule has 78 valence electrons. The van der Waals surface area contributed by atoms with Crippen molar-refractivity contribution >= 4 is 17.2 Å². The van der Waals surface area contributed by atoms with Gasteiger partial charge in [0.05, 0.1) is 6.10 Å². The molecule has 1 aliphatic rings. The molecule has 0 atom stereocenters. The van der Waals surface area contributed by atoms with Crippen molar-refractivity contribution in [3.8, 4) is 0 Å². The molecular weight excluding hydrogens is 216 g/mol. The van der Waals surface area contributed by atoms with E-state index in [1.54, 1.807) is 12.4 Å². The van der Waals surface area contributed by atoms with Gasteiger partial charge in [-0.25, -0.2) is 4.98 Å². The van der Waals surface area contributed by atoms with Crippen LogP contribution in [0.3, 0.4) is 0 Å². The third-order valence-corrected chi connectivity index (χ3v) is 3.06. The zero-order chi connectivity index (χ0) is 10.4. The molecule has 2 aromatic heterocycles. The maximum absolute atomic E-state index is 9.25. The number of halogens is 1. The molecular formula is C9H9ClN4O. The van der Waals surface area contributed by atoms with Crippen LogP contribution in [-0.4, -0.2) is 30.8 Å². The van der Waals surface area contributed by atoms with Crippen molar-refractivity contribution in [2.45, 2.75) is 24.9 Å². The average molecular weight is 225 g/mol. The molecule has 1 saturated carbocycles. The van der Waals surface area contributed by atoms with Crippen molar-refractivity contribution < 1.29 is 5.11 Å². The van der Waals surface area contributed by atoms with E-state index >= 15 is 0 Å². The highest BCUT2D eigenvalue weighted by molar-refractivity contribution is 6.32. The van der Waals surface area contributed by atoms with Gasteiger partial charge >= 0.3 is 0 Å². The van der Waals surface area contributed by atoms with Gasteiger partial charge in [0.15, 0.2) is 10.8 Å². The highest BCUT2D eigenvalue weighted by Crippen LogP contribution is 2.35. The van der Waals surface area contributed by atoms with E-state index in [1.165, 1.54) is 0 Å². The lowest BCUT2D eigenvalue weighted by Gasteiger charge is -2.29. The molecule has 5 nitrogen and oxygen atoms in total. The molecule has 0 unspecified atom stereocenters. The van der Waals surface area contributed by atoms with Crippen molar-refractivity contribution in [2.24, 2.45) is 0 Å². The average Bonchev–Trinajstić information content (AvgIpc) is 2.58. The van der Waals surface area contributed by atoms with Gasteiger partial charge in [-0.3, -0.25) is 4.40 Å². The van der Waals surface area contributed by atoms with Crippen LogP contribution in [-0.2, 0) is 0 Å². The summed E-state index contributed by atoms with van der Waals surface area (Å²) in [5, 5.41) is 17.7. The second-order valence-corrected chi connectivity index (χ2v) is 4.15. The smallest absolute Gasteiger partial charge is 0.198 e. The van der Waals surface area contributed by atoms with Gasteiger partial charge in [0.2, 0.25) is 0 Å². The van der Waals surface area contributed by atoms with E-state index < -0.39 is 0 Å². The lowest BCUT2D eigenvalue weighted by molar-refractivity contribution is 0.0713. The highest BCUT2D eigenvalue weighted by Gasteiger charge is 2.32. The number of aliphatic hydroxyl groups excluding tert-OH is 1. The van der Waals surface area contributed by atoms with Crippen molar-refractivity contribution in [1.82, 2.24) is 19.6 Å². The Morgan fingerprint density at radius 3 is 2.93 bits per heavy atom. The molecule has 0 radical (unpaired) electrons. The van der Waals surface area contributed by atoms with E-state index in [2.05, 4.69) is 15.2 Å². The fourth-order valence-corrected chi connectivity index (χ4v) is 2.08. The zero-order valence-corrected chi connectivity index (χ0v) is 8.59. The van der Waals surface area contributed by atoms with Crippen LogP contribution in [0.15, 0.2) is 12.4 Å². The quantitative estimate of drug-likeness (QED) is 0.786. The van der Waals surface area contributed by atoms with Crippen LogP contribution in [0.2, 0.25) is 5.15 Å². The maximum Gasteiger partial charge on any atom is 0.198 e. The fraction of sp³-hybridized carbons (Fsp3) is 0.444. The second kappa shape index (κ2) is 3.15. The molecule has 15 heavy (non-hydrogen) atoms. The predicted molar refractivity (Wildman–Crippen MR) is 53.8 cm³/mol. The first-order valence-corrected chi connectivity index (χ1v) is 5.16. The molecule has 0 spiro atoms. The Balaban J connectivity index is 2.09. The predicted octanol–water partition coefficient (Wildman–Crippen LogP) is 1.02. The second-order valence-electron chi connectivity index (χ2n) is 3.79. The fourth-order valence-electron chi connectivity index (χ4n) is 1.89. The van der Waals surface area contributed by atoms with Gasteiger partial charge in [0.1, 0.15) is 5.82 Å². The molecule has 0 aromatic carbocycles. The third-order valence-electron chi connectivity index (χ3n) is 2.79. The first-order valence-electron chi connectivity index (χ1n) is 4.79. The van der Waals surface area contributed by atoms with Crippen molar-refractivity contribution in [3.05, 3.63) is 23.4 Å². The summed E-state index contributed by atoms with van der Waals surface area (Å²) in [5.74, 6) is 1.15. The Hall–Kier alpha value is -1.20. The summed E-state index contributed by atoms with van der Waals surface area (Å²) < 4.78 is 1.84. The first kappa shape index (κ1) is 9.06. The summed E-state index contributed by atoms with van der Waals surface area (Å²) >= 11 is 5.88. The Morgan fingerprint density at radius 2 is 2.20 bits per heavy atom. The standard InChI is InChI=1S/C9H9ClN4O/c10-7-9-13-12-8(5-3-6(15)4-5)14(9)2-1-11-7/h1-2,5-6,15H,3-4H2. The molecule has 1 fully saturated rings. The van der Waals surface area contributed by atoms with E-state index in [-0.39, 0.29) is 12.0 Å². The molecule has 0 amide bonds. The van der Waals surface area contributed by atoms with Gasteiger partial charge in [-0.2, -0.15) is 0 Å². The Labute approximate surface area is 90.7 Å². The van der Waals surface area contributed by atoms with Gasteiger partial charge < -0.3 is 5.11 Å². The lowest BCUT2D eigenvalue weighted by atomic mass is 9.82. The van der Waals surface area contributed by atoms with Gasteiger partial charge in [-0.1, -0.05) is 11.6 Å². The summed E-state index contributed by atoms with van der Waals surface area (Å²) in [5.41, 5.74) is 0.579. The van der Waals surface area contributed by atoms with Crippen LogP contribution in [0.4, 0.5) is 0 Å². The van der Waals surface area contributed by atoms with E-state index in [0.29, 0.717) is 10.8 Å². The van der Waals surface area contributed by atoms with E-state index in [4.69, 9.17) is 11.6 Å². The topological polar surface area (TPSA) is 63.3 Å². The van der Waals surface area contributed by atoms with Gasteiger partial charge in [0, 0.05) is 18.3 Å². The minimum Gasteiger partial charge on any atom is -0.393 e. The number of hydrogen-bond acceptors (Lipinski definition) is 4. The number of hydrogen-bond donors (Lipinski definition) is 1. The molecule has 3 rings (SSSR count). The largest absolute Gasteiger partial charge is 0.393 e. The van der Waals surface area contributed by atoms with Crippen molar-refractivity contribution in [3.63, 3.8) is 0 Å². The molecule has 2 aromatic rings. The number of nitrogens with zero attached hydrogens (tertiary/aromatic N) is 4. The van der Waals surface area contributed by atoms with Crippen LogP contribution in [0.25, 0.3) is 5.65 Å². The molecule has 0 saturated heterocycles. The van der Waals surface area contributed by atoms with Crippen molar-refractivity contribution in [2.75, 3.05) is 0 Å². The minimum absolute atomic E-state index is 0.195. The number of rotatable bonds is 1. The highest BCUT2D eigenvalue weighted by atomic mass is 35.5. The Bertz CT molecular complexity index is 506. The molecule has 2 heterocycles. The Morgan fingerprint density at radius 1 is 1.40 bits per heavy atom. The van der Waals surface area contributed by atoms with Crippen LogP contribution in [0, 0.1) is 0 Å². The summed E-state index contributed by atoms with van der Waals surface area (Å²) in [6.07, 6.45) is 4.72. The first-order chi connectivity index (χ1) is 7.25. The summed E-state index contributed by atoms with van der Waals surface area (Å²) in [6, 6.07) is 0. The van der Waals surface area contributed by atoms with Crippen molar-refractivity contribution in [1.29, 1.82) is 0 Å². The molecule has 6 heteroatoms. The minimum atomic E-state index is -0.195. The number of fused-ring (bicyclic) bond motifs is 1. The SMILES string of the molecule is OC1CC(c2nnc3c(Cl)nccn23)C1. The molecule has 0 aliphatic heterocycles. The zero-order valence-electron chi connectivity index (χ0n) is 7.84. The monoisotopic (exact) mass is 224 g/mol. The van der Waals surface area contributed by atoms with E-state index in [9.17, 15) is 5.11 Å². The maximum atomic E-state index is 9.25. The summed E-state index contributed by atoms with van der Waals surface area (Å²) in [4.78, 5) is 3.93. The normalized spacial score (nSPS) is 25.5. The van der Waals surface area contributed by atoms with Crippen LogP contribution >= 0.6 is 11.6 Å². The van der Waals surface area contributed by atoms with E-state index in [1.807, 2.05) is 4.40 Å². The molecule has 0 bridgehead atoms. The van der Waals surface area contributed by atoms with Gasteiger partial charge in [-0.15, -0.1) is 10.2 Å². The van der Waals surface area contributed by atoms with Crippen LogP contribution in [0.5, 0.6) is 0 Å². The van der Waals surface area contributed by atoms with Gasteiger partial charge in [-0.05, 0) is 12.8 Å². The third kappa shape index (κ3) is 1.31. The van der Waals surface area contributed by atoms with Crippen LogP contribution < -0.4 is 0 Å². The number of aromatic nitrogens is 4. The lowest BCUT2D eigenvalue weighted by Crippen LogP contribution is -2.27. The summed E-state index contributed by atoms with van der Waals surface area (Å²) in [7, 11) is 0. The molecule has 1 aliphatic carbocycles. The Kier molecular flexibility index (Phi) is 1.90. The summed E-state index contributed by atoms with van der Waals surface area (Å²) in [6.45, 7) is 0. The van der Waals surface area contributed by atoms with Gasteiger partial charge in [0.25, 0.3) is 0 Å². The van der Waals surface area contributed by atoms with Crippen LogP contribution in [0.1, 0.15) is 24.6 Å².